The van der Waals surface area contributed by atoms with E-state index in [1.807, 2.05) is 18.2 Å². The van der Waals surface area contributed by atoms with Crippen molar-refractivity contribution in [2.75, 3.05) is 11.9 Å². The maximum atomic E-state index is 11.7. The molecule has 0 spiro atoms. The highest BCUT2D eigenvalue weighted by atomic mass is 16.5. The van der Waals surface area contributed by atoms with Crippen LogP contribution in [0.1, 0.15) is 0 Å². The van der Waals surface area contributed by atoms with Gasteiger partial charge in [0.15, 0.2) is 12.3 Å². The number of carbonyl (C=O) groups is 1. The third-order valence-corrected chi connectivity index (χ3v) is 2.54. The Kier molecular flexibility index (Phi) is 3.24. The Labute approximate surface area is 114 Å². The number of H-pyrrole nitrogens is 1. The van der Waals surface area contributed by atoms with Crippen molar-refractivity contribution >= 4 is 23.0 Å². The van der Waals surface area contributed by atoms with Crippen LogP contribution >= 0.6 is 0 Å². The Balaban J connectivity index is 1.61. The van der Waals surface area contributed by atoms with Gasteiger partial charge in [0.1, 0.15) is 11.3 Å². The van der Waals surface area contributed by atoms with E-state index >= 15 is 0 Å². The Bertz CT molecular complexity index is 726. The average Bonchev–Trinajstić information content (AvgIpc) is 2.94. The summed E-state index contributed by atoms with van der Waals surface area (Å²) in [5.74, 6) is 0.501. The minimum Gasteiger partial charge on any atom is -0.484 e. The molecular formula is C13H11N5O2. The molecule has 20 heavy (non-hydrogen) atoms. The number of aromatic nitrogens is 4. The molecule has 3 aromatic rings. The van der Waals surface area contributed by atoms with Crippen LogP contribution in [0.25, 0.3) is 11.2 Å². The van der Waals surface area contributed by atoms with Gasteiger partial charge in [0, 0.05) is 0 Å². The molecule has 2 aromatic heterocycles. The van der Waals surface area contributed by atoms with Crippen LogP contribution in [-0.2, 0) is 4.79 Å². The average molecular weight is 269 g/mol. The summed E-state index contributed by atoms with van der Waals surface area (Å²) in [5, 5.41) is 2.55. The fourth-order valence-electron chi connectivity index (χ4n) is 1.62. The minimum atomic E-state index is -0.330. The first kappa shape index (κ1) is 12.1. The number of hydrogen-bond acceptors (Lipinski definition) is 5. The van der Waals surface area contributed by atoms with E-state index in [-0.39, 0.29) is 18.5 Å². The molecule has 0 saturated heterocycles. The molecule has 2 heterocycles. The molecule has 0 atom stereocenters. The molecule has 0 radical (unpaired) electrons. The van der Waals surface area contributed by atoms with Gasteiger partial charge >= 0.3 is 0 Å². The maximum absolute atomic E-state index is 11.7. The Morgan fingerprint density at radius 3 is 2.95 bits per heavy atom. The van der Waals surface area contributed by atoms with Gasteiger partial charge < -0.3 is 9.72 Å². The molecule has 0 fully saturated rings. The van der Waals surface area contributed by atoms with E-state index in [0.717, 1.165) is 0 Å². The predicted molar refractivity (Wildman–Crippen MR) is 72.3 cm³/mol. The quantitative estimate of drug-likeness (QED) is 0.746. The number of benzene rings is 1. The first-order valence-corrected chi connectivity index (χ1v) is 5.95. The third kappa shape index (κ3) is 2.72. The number of aromatic amines is 1. The van der Waals surface area contributed by atoms with E-state index in [1.54, 1.807) is 18.3 Å². The van der Waals surface area contributed by atoms with E-state index in [0.29, 0.717) is 16.9 Å². The summed E-state index contributed by atoms with van der Waals surface area (Å²) in [7, 11) is 0. The highest BCUT2D eigenvalue weighted by molar-refractivity contribution is 5.90. The normalized spacial score (nSPS) is 10.4. The lowest BCUT2D eigenvalue weighted by Gasteiger charge is -2.05. The standard InChI is InChI=1S/C13H11N5O2/c19-11(7-20-9-4-2-1-3-5-9)17-13-14-6-10-12(18-13)16-8-15-10/h1-6,8H,7H2,(H2,14,15,16,17,18,19). The monoisotopic (exact) mass is 269 g/mol. The van der Waals surface area contributed by atoms with Crippen molar-refractivity contribution in [2.45, 2.75) is 0 Å². The number of nitrogens with zero attached hydrogens (tertiary/aromatic N) is 3. The van der Waals surface area contributed by atoms with Crippen LogP contribution in [0.4, 0.5) is 5.95 Å². The van der Waals surface area contributed by atoms with Crippen LogP contribution in [0, 0.1) is 0 Å². The number of hydrogen-bond donors (Lipinski definition) is 2. The summed E-state index contributed by atoms with van der Waals surface area (Å²) < 4.78 is 5.32. The molecule has 1 aromatic carbocycles. The first-order chi connectivity index (χ1) is 9.81. The van der Waals surface area contributed by atoms with Gasteiger partial charge in [-0.2, -0.15) is 4.98 Å². The van der Waals surface area contributed by atoms with Crippen LogP contribution in [0.2, 0.25) is 0 Å². The Hall–Kier alpha value is -2.96. The van der Waals surface area contributed by atoms with E-state index in [4.69, 9.17) is 4.74 Å². The van der Waals surface area contributed by atoms with Crippen molar-refractivity contribution < 1.29 is 9.53 Å². The summed E-state index contributed by atoms with van der Waals surface area (Å²) in [6.45, 7) is -0.105. The molecular weight excluding hydrogens is 258 g/mol. The van der Waals surface area contributed by atoms with E-state index in [1.165, 1.54) is 6.33 Å². The number of nitrogens with one attached hydrogen (secondary N) is 2. The van der Waals surface area contributed by atoms with Crippen LogP contribution < -0.4 is 10.1 Å². The van der Waals surface area contributed by atoms with E-state index in [9.17, 15) is 4.79 Å². The second-order valence-corrected chi connectivity index (χ2v) is 3.98. The smallest absolute Gasteiger partial charge is 0.264 e. The number of amides is 1. The fourth-order valence-corrected chi connectivity index (χ4v) is 1.62. The number of carbonyl (C=O) groups excluding carboxylic acids is 1. The molecule has 0 unspecified atom stereocenters. The lowest BCUT2D eigenvalue weighted by atomic mass is 10.3. The fraction of sp³-hybridized carbons (Fsp3) is 0.0769. The van der Waals surface area contributed by atoms with Crippen molar-refractivity contribution in [2.24, 2.45) is 0 Å². The van der Waals surface area contributed by atoms with Crippen molar-refractivity contribution in [3.63, 3.8) is 0 Å². The topological polar surface area (TPSA) is 92.8 Å². The van der Waals surface area contributed by atoms with Gasteiger partial charge in [0.2, 0.25) is 5.95 Å². The van der Waals surface area contributed by atoms with E-state index in [2.05, 4.69) is 25.3 Å². The predicted octanol–water partition coefficient (Wildman–Crippen LogP) is 1.37. The van der Waals surface area contributed by atoms with Crippen LogP contribution in [-0.4, -0.2) is 32.4 Å². The number of para-hydroxylation sites is 1. The number of anilines is 1. The SMILES string of the molecule is O=C(COc1ccccc1)Nc1ncc2[nH]cnc2n1. The van der Waals surface area contributed by atoms with Gasteiger partial charge in [-0.15, -0.1) is 0 Å². The van der Waals surface area contributed by atoms with Crippen molar-refractivity contribution in [3.8, 4) is 5.75 Å². The summed E-state index contributed by atoms with van der Waals surface area (Å²) in [6, 6.07) is 9.10. The highest BCUT2D eigenvalue weighted by Crippen LogP contribution is 2.09. The summed E-state index contributed by atoms with van der Waals surface area (Å²) in [5.41, 5.74) is 1.21. The molecule has 0 saturated carbocycles. The van der Waals surface area contributed by atoms with Gasteiger partial charge in [-0.3, -0.25) is 10.1 Å². The zero-order valence-electron chi connectivity index (χ0n) is 10.4. The number of imidazole rings is 1. The number of rotatable bonds is 4. The summed E-state index contributed by atoms with van der Waals surface area (Å²) in [4.78, 5) is 26.7. The lowest BCUT2D eigenvalue weighted by Crippen LogP contribution is -2.21. The molecule has 0 aliphatic carbocycles. The second-order valence-electron chi connectivity index (χ2n) is 3.98. The molecule has 0 aliphatic heterocycles. The molecule has 100 valence electrons. The summed E-state index contributed by atoms with van der Waals surface area (Å²) in [6.07, 6.45) is 3.08. The van der Waals surface area contributed by atoms with Gasteiger partial charge in [0.25, 0.3) is 5.91 Å². The van der Waals surface area contributed by atoms with Crippen molar-refractivity contribution in [3.05, 3.63) is 42.9 Å². The summed E-state index contributed by atoms with van der Waals surface area (Å²) >= 11 is 0. The number of ether oxygens (including phenoxy) is 1. The zero-order valence-corrected chi connectivity index (χ0v) is 10.4. The number of fused-ring (bicyclic) bond motifs is 1. The first-order valence-electron chi connectivity index (χ1n) is 5.95. The van der Waals surface area contributed by atoms with Gasteiger partial charge in [-0.25, -0.2) is 9.97 Å². The van der Waals surface area contributed by atoms with Crippen LogP contribution in [0.15, 0.2) is 42.9 Å². The largest absolute Gasteiger partial charge is 0.484 e. The zero-order chi connectivity index (χ0) is 13.8. The second kappa shape index (κ2) is 5.35. The Morgan fingerprint density at radius 1 is 1.25 bits per heavy atom. The van der Waals surface area contributed by atoms with Crippen LogP contribution in [0.5, 0.6) is 5.75 Å². The minimum absolute atomic E-state index is 0.105. The Morgan fingerprint density at radius 2 is 2.10 bits per heavy atom. The maximum Gasteiger partial charge on any atom is 0.264 e. The highest BCUT2D eigenvalue weighted by Gasteiger charge is 2.07. The third-order valence-electron chi connectivity index (χ3n) is 2.54. The van der Waals surface area contributed by atoms with E-state index < -0.39 is 0 Å². The van der Waals surface area contributed by atoms with Crippen molar-refractivity contribution in [1.82, 2.24) is 19.9 Å². The molecule has 2 N–H and O–H groups in total. The van der Waals surface area contributed by atoms with Crippen LogP contribution in [0.3, 0.4) is 0 Å². The van der Waals surface area contributed by atoms with Crippen molar-refractivity contribution in [1.29, 1.82) is 0 Å². The molecule has 1 amide bonds. The molecule has 7 nitrogen and oxygen atoms in total. The van der Waals surface area contributed by atoms with Gasteiger partial charge in [-0.05, 0) is 12.1 Å². The van der Waals surface area contributed by atoms with Gasteiger partial charge in [-0.1, -0.05) is 18.2 Å². The molecule has 0 aliphatic rings. The van der Waals surface area contributed by atoms with Gasteiger partial charge in [0.05, 0.1) is 12.5 Å². The molecule has 7 heteroatoms. The lowest BCUT2D eigenvalue weighted by molar-refractivity contribution is -0.118. The molecule has 0 bridgehead atoms. The molecule has 3 rings (SSSR count).